The third-order valence-corrected chi connectivity index (χ3v) is 3.35. The van der Waals surface area contributed by atoms with Crippen LogP contribution in [0.5, 0.6) is 0 Å². The van der Waals surface area contributed by atoms with Gasteiger partial charge in [0, 0.05) is 31.6 Å². The molecule has 4 N–H and O–H groups in total. The lowest BCUT2D eigenvalue weighted by atomic mass is 10.0. The van der Waals surface area contributed by atoms with Gasteiger partial charge < -0.3 is 15.6 Å². The molecule has 1 aromatic heterocycles. The van der Waals surface area contributed by atoms with Crippen LogP contribution in [0, 0.1) is 0 Å². The number of aromatic nitrogens is 2. The van der Waals surface area contributed by atoms with E-state index in [-0.39, 0.29) is 11.8 Å². The molecule has 0 aliphatic carbocycles. The van der Waals surface area contributed by atoms with Crippen LogP contribution in [0.1, 0.15) is 45.6 Å². The molecule has 0 aromatic carbocycles. The maximum absolute atomic E-state index is 12.0. The molecule has 118 valence electrons. The van der Waals surface area contributed by atoms with Crippen LogP contribution in [-0.2, 0) is 4.79 Å². The van der Waals surface area contributed by atoms with E-state index in [1.54, 1.807) is 0 Å². The lowest BCUT2D eigenvalue weighted by Crippen LogP contribution is -2.31. The highest BCUT2D eigenvalue weighted by Gasteiger charge is 2.15. The Balaban J connectivity index is 2.70. The number of hydrazine groups is 1. The van der Waals surface area contributed by atoms with E-state index in [1.165, 1.54) is 6.33 Å². The normalized spacial score (nSPS) is 10.6. The minimum absolute atomic E-state index is 0.143. The molecular weight excluding hydrogens is 268 g/mol. The van der Waals surface area contributed by atoms with E-state index in [1.807, 2.05) is 32.6 Å². The summed E-state index contributed by atoms with van der Waals surface area (Å²) in [5.41, 5.74) is 3.51. The van der Waals surface area contributed by atoms with Crippen molar-refractivity contribution in [1.29, 1.82) is 0 Å². The number of rotatable bonds is 8. The van der Waals surface area contributed by atoms with Crippen LogP contribution in [-0.4, -0.2) is 40.4 Å². The predicted octanol–water partition coefficient (Wildman–Crippen LogP) is 1.56. The number of nitrogens with zero attached hydrogens (tertiary/aromatic N) is 3. The molecule has 7 nitrogen and oxygen atoms in total. The Morgan fingerprint density at radius 2 is 1.90 bits per heavy atom. The van der Waals surface area contributed by atoms with Crippen molar-refractivity contribution in [2.45, 2.75) is 40.0 Å². The largest absolute Gasteiger partial charge is 0.369 e. The number of carbonyl (C=O) groups is 1. The Morgan fingerprint density at radius 1 is 1.29 bits per heavy atom. The number of carbonyl (C=O) groups excluding carboxylic acids is 1. The average Bonchev–Trinajstić information content (AvgIpc) is 2.47. The highest BCUT2D eigenvalue weighted by molar-refractivity contribution is 5.76. The van der Waals surface area contributed by atoms with E-state index in [0.29, 0.717) is 18.8 Å². The molecule has 0 unspecified atom stereocenters. The summed E-state index contributed by atoms with van der Waals surface area (Å²) in [4.78, 5) is 22.1. The molecule has 1 aromatic rings. The molecule has 0 atom stereocenters. The van der Waals surface area contributed by atoms with Gasteiger partial charge in [-0.2, -0.15) is 0 Å². The zero-order chi connectivity index (χ0) is 15.8. The number of nitrogens with one attached hydrogen (secondary N) is 2. The zero-order valence-corrected chi connectivity index (χ0v) is 13.3. The fourth-order valence-corrected chi connectivity index (χ4v) is 2.22. The number of anilines is 2. The standard InChI is InChI=1S/C14H26N6O/c1-5-20(6-2)11(21)7-8-16-13-12(10(3)4)14(19-15)18-9-17-13/h9-10H,5-8,15H2,1-4H3,(H2,16,17,18,19). The highest BCUT2D eigenvalue weighted by atomic mass is 16.2. The SMILES string of the molecule is CCN(CC)C(=O)CCNc1ncnc(NN)c1C(C)C. The summed E-state index contributed by atoms with van der Waals surface area (Å²) in [6, 6.07) is 0. The maximum Gasteiger partial charge on any atom is 0.224 e. The number of hydrogen-bond acceptors (Lipinski definition) is 6. The summed E-state index contributed by atoms with van der Waals surface area (Å²) >= 11 is 0. The third kappa shape index (κ3) is 4.56. The Bertz CT molecular complexity index is 459. The van der Waals surface area contributed by atoms with Crippen LogP contribution in [0.2, 0.25) is 0 Å². The van der Waals surface area contributed by atoms with E-state index in [4.69, 9.17) is 5.84 Å². The van der Waals surface area contributed by atoms with Crippen LogP contribution in [0.3, 0.4) is 0 Å². The molecule has 1 heterocycles. The quantitative estimate of drug-likeness (QED) is 0.497. The molecular formula is C14H26N6O. The van der Waals surface area contributed by atoms with E-state index in [9.17, 15) is 4.79 Å². The monoisotopic (exact) mass is 294 g/mol. The van der Waals surface area contributed by atoms with Crippen molar-refractivity contribution in [3.8, 4) is 0 Å². The summed E-state index contributed by atoms with van der Waals surface area (Å²) in [7, 11) is 0. The summed E-state index contributed by atoms with van der Waals surface area (Å²) in [5, 5.41) is 3.21. The van der Waals surface area contributed by atoms with Gasteiger partial charge in [-0.3, -0.25) is 4.79 Å². The van der Waals surface area contributed by atoms with Crippen molar-refractivity contribution < 1.29 is 4.79 Å². The summed E-state index contributed by atoms with van der Waals surface area (Å²) < 4.78 is 0. The Labute approximate surface area is 126 Å². The first kappa shape index (κ1) is 17.2. The maximum atomic E-state index is 12.0. The topological polar surface area (TPSA) is 96.2 Å². The summed E-state index contributed by atoms with van der Waals surface area (Å²) in [6.07, 6.45) is 1.89. The number of amides is 1. The second-order valence-corrected chi connectivity index (χ2v) is 5.03. The van der Waals surface area contributed by atoms with Crippen LogP contribution >= 0.6 is 0 Å². The van der Waals surface area contributed by atoms with Gasteiger partial charge in [0.25, 0.3) is 0 Å². The van der Waals surface area contributed by atoms with Gasteiger partial charge >= 0.3 is 0 Å². The van der Waals surface area contributed by atoms with Gasteiger partial charge in [0.15, 0.2) is 0 Å². The highest BCUT2D eigenvalue weighted by Crippen LogP contribution is 2.27. The lowest BCUT2D eigenvalue weighted by Gasteiger charge is -2.19. The second kappa shape index (κ2) is 8.41. The van der Waals surface area contributed by atoms with Gasteiger partial charge in [-0.1, -0.05) is 13.8 Å². The molecule has 0 spiro atoms. The minimum Gasteiger partial charge on any atom is -0.369 e. The molecule has 0 saturated heterocycles. The first-order chi connectivity index (χ1) is 10.0. The zero-order valence-electron chi connectivity index (χ0n) is 13.3. The lowest BCUT2D eigenvalue weighted by molar-refractivity contribution is -0.130. The van der Waals surface area contributed by atoms with E-state index < -0.39 is 0 Å². The first-order valence-corrected chi connectivity index (χ1v) is 7.38. The molecule has 0 bridgehead atoms. The Morgan fingerprint density at radius 3 is 2.43 bits per heavy atom. The molecule has 0 aliphatic heterocycles. The van der Waals surface area contributed by atoms with Crippen LogP contribution in [0.4, 0.5) is 11.6 Å². The molecule has 0 aliphatic rings. The molecule has 0 fully saturated rings. The van der Waals surface area contributed by atoms with Gasteiger partial charge in [0.2, 0.25) is 5.91 Å². The van der Waals surface area contributed by atoms with Crippen LogP contribution < -0.4 is 16.6 Å². The smallest absolute Gasteiger partial charge is 0.224 e. The fraction of sp³-hybridized carbons (Fsp3) is 0.643. The van der Waals surface area contributed by atoms with Crippen molar-refractivity contribution in [2.75, 3.05) is 30.4 Å². The van der Waals surface area contributed by atoms with Crippen molar-refractivity contribution in [3.63, 3.8) is 0 Å². The van der Waals surface area contributed by atoms with Gasteiger partial charge in [-0.25, -0.2) is 15.8 Å². The van der Waals surface area contributed by atoms with E-state index >= 15 is 0 Å². The average molecular weight is 294 g/mol. The number of nitrogens with two attached hydrogens (primary N) is 1. The van der Waals surface area contributed by atoms with Crippen molar-refractivity contribution in [3.05, 3.63) is 11.9 Å². The minimum atomic E-state index is 0.143. The Kier molecular flexibility index (Phi) is 6.87. The molecule has 7 heteroatoms. The van der Waals surface area contributed by atoms with Gasteiger partial charge in [0.05, 0.1) is 0 Å². The summed E-state index contributed by atoms with van der Waals surface area (Å²) in [6.45, 7) is 10.1. The van der Waals surface area contributed by atoms with Crippen molar-refractivity contribution in [1.82, 2.24) is 14.9 Å². The third-order valence-electron chi connectivity index (χ3n) is 3.35. The molecule has 0 saturated carbocycles. The van der Waals surface area contributed by atoms with E-state index in [2.05, 4.69) is 20.7 Å². The fourth-order valence-electron chi connectivity index (χ4n) is 2.22. The van der Waals surface area contributed by atoms with Crippen molar-refractivity contribution >= 4 is 17.5 Å². The Hall–Kier alpha value is -1.89. The molecule has 21 heavy (non-hydrogen) atoms. The van der Waals surface area contributed by atoms with Crippen LogP contribution in [0.25, 0.3) is 0 Å². The molecule has 1 rings (SSSR count). The number of nitrogen functional groups attached to an aromatic ring is 1. The van der Waals surface area contributed by atoms with Gasteiger partial charge in [0.1, 0.15) is 18.0 Å². The van der Waals surface area contributed by atoms with E-state index in [0.717, 1.165) is 24.5 Å². The molecule has 0 radical (unpaired) electrons. The van der Waals surface area contributed by atoms with Gasteiger partial charge in [-0.15, -0.1) is 0 Å². The second-order valence-electron chi connectivity index (χ2n) is 5.03. The summed E-state index contributed by atoms with van der Waals surface area (Å²) in [5.74, 6) is 7.18. The first-order valence-electron chi connectivity index (χ1n) is 7.38. The van der Waals surface area contributed by atoms with Gasteiger partial charge in [-0.05, 0) is 19.8 Å². The van der Waals surface area contributed by atoms with Crippen molar-refractivity contribution in [2.24, 2.45) is 5.84 Å². The number of hydrogen-bond donors (Lipinski definition) is 3. The predicted molar refractivity (Wildman–Crippen MR) is 85.0 cm³/mol. The molecule has 1 amide bonds. The van der Waals surface area contributed by atoms with Crippen LogP contribution in [0.15, 0.2) is 6.33 Å².